The summed E-state index contributed by atoms with van der Waals surface area (Å²) >= 11 is 3.54. The molecule has 0 atom stereocenters. The highest BCUT2D eigenvalue weighted by Gasteiger charge is 2.15. The molecule has 0 aliphatic heterocycles. The second-order valence-electron chi connectivity index (χ2n) is 7.53. The number of rotatable bonds is 7. The molecule has 1 N–H and O–H groups in total. The fraction of sp³-hybridized carbons (Fsp3) is 0.348. The Morgan fingerprint density at radius 1 is 1.14 bits per heavy atom. The van der Waals surface area contributed by atoms with Crippen molar-refractivity contribution < 1.29 is 14.3 Å². The molecule has 0 unspecified atom stereocenters. The smallest absolute Gasteiger partial charge is 0.248 e. The largest absolute Gasteiger partial charge is 0.493 e. The van der Waals surface area contributed by atoms with Crippen LogP contribution in [0.15, 0.2) is 46.9 Å². The van der Waals surface area contributed by atoms with Gasteiger partial charge in [-0.1, -0.05) is 39.8 Å². The molecule has 0 heterocycles. The number of benzene rings is 2. The number of carbonyl (C=O) groups is 1. The third kappa shape index (κ3) is 6.13. The Balaban J connectivity index is 2.07. The van der Waals surface area contributed by atoms with Gasteiger partial charge in [-0.25, -0.2) is 0 Å². The van der Waals surface area contributed by atoms with E-state index in [1.165, 1.54) is 11.6 Å². The number of carbonyl (C=O) groups excluding carboxylic acids is 1. The average molecular weight is 446 g/mol. The third-order valence-corrected chi connectivity index (χ3v) is 4.83. The first-order valence-corrected chi connectivity index (χ1v) is 10.1. The van der Waals surface area contributed by atoms with Crippen LogP contribution in [0.1, 0.15) is 45.2 Å². The molecule has 2 aromatic rings. The van der Waals surface area contributed by atoms with Crippen LogP contribution in [0.25, 0.3) is 6.08 Å². The molecule has 0 bridgehead atoms. The van der Waals surface area contributed by atoms with Gasteiger partial charge in [-0.3, -0.25) is 4.79 Å². The number of ether oxygens (including phenoxy) is 2. The molecule has 1 amide bonds. The van der Waals surface area contributed by atoms with E-state index in [1.54, 1.807) is 13.2 Å². The van der Waals surface area contributed by atoms with Gasteiger partial charge in [0, 0.05) is 10.5 Å². The number of amides is 1. The van der Waals surface area contributed by atoms with Crippen LogP contribution >= 0.6 is 15.9 Å². The number of anilines is 1. The summed E-state index contributed by atoms with van der Waals surface area (Å²) in [5, 5.41) is 2.90. The van der Waals surface area contributed by atoms with E-state index in [2.05, 4.69) is 48.9 Å². The summed E-state index contributed by atoms with van der Waals surface area (Å²) in [5.41, 5.74) is 2.85. The van der Waals surface area contributed by atoms with Crippen LogP contribution in [0.5, 0.6) is 11.5 Å². The lowest BCUT2D eigenvalue weighted by molar-refractivity contribution is -0.111. The molecule has 0 radical (unpaired) electrons. The average Bonchev–Trinajstić information content (AvgIpc) is 2.65. The van der Waals surface area contributed by atoms with Gasteiger partial charge in [-0.15, -0.1) is 0 Å². The van der Waals surface area contributed by atoms with Crippen LogP contribution in [-0.4, -0.2) is 19.6 Å². The van der Waals surface area contributed by atoms with Gasteiger partial charge < -0.3 is 14.8 Å². The van der Waals surface area contributed by atoms with Crippen LogP contribution in [0.2, 0.25) is 0 Å². The van der Waals surface area contributed by atoms with E-state index in [-0.39, 0.29) is 11.3 Å². The SMILES string of the molecule is CCCOc1ccc(/C=C/C(=O)Nc2ccc(C(C)(C)C)cc2Br)cc1OC. The van der Waals surface area contributed by atoms with Crippen molar-refractivity contribution in [2.45, 2.75) is 39.5 Å². The Morgan fingerprint density at radius 2 is 1.89 bits per heavy atom. The summed E-state index contributed by atoms with van der Waals surface area (Å²) in [6.45, 7) is 9.15. The highest BCUT2D eigenvalue weighted by atomic mass is 79.9. The number of hydrogen-bond acceptors (Lipinski definition) is 3. The third-order valence-electron chi connectivity index (χ3n) is 4.17. The maximum absolute atomic E-state index is 12.3. The standard InChI is InChI=1S/C23H28BrNO3/c1-6-13-28-20-11-7-16(14-21(20)27-5)8-12-22(26)25-19-10-9-17(15-18(19)24)23(2,3)4/h7-12,14-15H,6,13H2,1-5H3,(H,25,26)/b12-8+. The lowest BCUT2D eigenvalue weighted by Crippen LogP contribution is -2.12. The number of halogens is 1. The maximum Gasteiger partial charge on any atom is 0.248 e. The summed E-state index contributed by atoms with van der Waals surface area (Å²) < 4.78 is 11.9. The number of hydrogen-bond donors (Lipinski definition) is 1. The van der Waals surface area contributed by atoms with E-state index in [9.17, 15) is 4.79 Å². The second kappa shape index (κ2) is 9.78. The highest BCUT2D eigenvalue weighted by Crippen LogP contribution is 2.30. The molecule has 0 aliphatic carbocycles. The summed E-state index contributed by atoms with van der Waals surface area (Å²) in [6, 6.07) is 11.6. The highest BCUT2D eigenvalue weighted by molar-refractivity contribution is 9.10. The topological polar surface area (TPSA) is 47.6 Å². The lowest BCUT2D eigenvalue weighted by atomic mass is 9.87. The summed E-state index contributed by atoms with van der Waals surface area (Å²) in [6.07, 6.45) is 4.18. The second-order valence-corrected chi connectivity index (χ2v) is 8.38. The quantitative estimate of drug-likeness (QED) is 0.516. The van der Waals surface area contributed by atoms with Crippen molar-refractivity contribution in [3.63, 3.8) is 0 Å². The maximum atomic E-state index is 12.3. The Morgan fingerprint density at radius 3 is 2.50 bits per heavy atom. The van der Waals surface area contributed by atoms with Crippen LogP contribution in [0, 0.1) is 0 Å². The number of nitrogens with one attached hydrogen (secondary N) is 1. The molecular formula is C23H28BrNO3. The van der Waals surface area contributed by atoms with Gasteiger partial charge in [0.2, 0.25) is 5.91 Å². The first-order valence-electron chi connectivity index (χ1n) is 9.34. The Labute approximate surface area is 176 Å². The Bertz CT molecular complexity index is 853. The fourth-order valence-electron chi connectivity index (χ4n) is 2.55. The van der Waals surface area contributed by atoms with Crippen molar-refractivity contribution >= 4 is 33.6 Å². The van der Waals surface area contributed by atoms with Gasteiger partial charge in [0.1, 0.15) is 0 Å². The van der Waals surface area contributed by atoms with Crippen LogP contribution < -0.4 is 14.8 Å². The van der Waals surface area contributed by atoms with Crippen molar-refractivity contribution in [2.24, 2.45) is 0 Å². The van der Waals surface area contributed by atoms with E-state index < -0.39 is 0 Å². The van der Waals surface area contributed by atoms with Crippen LogP contribution in [0.3, 0.4) is 0 Å². The molecule has 0 saturated carbocycles. The van der Waals surface area contributed by atoms with E-state index in [0.29, 0.717) is 18.1 Å². The first-order chi connectivity index (χ1) is 13.2. The molecule has 2 aromatic carbocycles. The van der Waals surface area contributed by atoms with Crippen molar-refractivity contribution in [1.82, 2.24) is 0 Å². The molecule has 5 heteroatoms. The predicted octanol–water partition coefficient (Wildman–Crippen LogP) is 6.20. The normalized spacial score (nSPS) is 11.5. The van der Waals surface area contributed by atoms with E-state index >= 15 is 0 Å². The minimum Gasteiger partial charge on any atom is -0.493 e. The zero-order valence-corrected chi connectivity index (χ0v) is 18.7. The molecule has 0 spiro atoms. The van der Waals surface area contributed by atoms with Gasteiger partial charge in [0.25, 0.3) is 0 Å². The Hall–Kier alpha value is -2.27. The lowest BCUT2D eigenvalue weighted by Gasteiger charge is -2.20. The predicted molar refractivity (Wildman–Crippen MR) is 119 cm³/mol. The van der Waals surface area contributed by atoms with Crippen molar-refractivity contribution in [3.8, 4) is 11.5 Å². The van der Waals surface area contributed by atoms with Gasteiger partial charge in [-0.05, 0) is 69.2 Å². The van der Waals surface area contributed by atoms with Crippen LogP contribution in [-0.2, 0) is 10.2 Å². The molecule has 28 heavy (non-hydrogen) atoms. The zero-order valence-electron chi connectivity index (χ0n) is 17.1. The van der Waals surface area contributed by atoms with Gasteiger partial charge in [0.05, 0.1) is 19.4 Å². The molecular weight excluding hydrogens is 418 g/mol. The van der Waals surface area contributed by atoms with Gasteiger partial charge in [0.15, 0.2) is 11.5 Å². The first kappa shape index (κ1) is 22.0. The summed E-state index contributed by atoms with van der Waals surface area (Å²) in [7, 11) is 1.60. The molecule has 0 saturated heterocycles. The molecule has 150 valence electrons. The van der Waals surface area contributed by atoms with E-state index in [4.69, 9.17) is 9.47 Å². The fourth-order valence-corrected chi connectivity index (χ4v) is 3.03. The van der Waals surface area contributed by atoms with Gasteiger partial charge >= 0.3 is 0 Å². The van der Waals surface area contributed by atoms with E-state index in [0.717, 1.165) is 22.1 Å². The zero-order chi connectivity index (χ0) is 20.7. The monoisotopic (exact) mass is 445 g/mol. The summed E-state index contributed by atoms with van der Waals surface area (Å²) in [5.74, 6) is 1.15. The molecule has 0 aromatic heterocycles. The molecule has 4 nitrogen and oxygen atoms in total. The summed E-state index contributed by atoms with van der Waals surface area (Å²) in [4.78, 5) is 12.3. The molecule has 0 aliphatic rings. The number of methoxy groups -OCH3 is 1. The van der Waals surface area contributed by atoms with Crippen LogP contribution in [0.4, 0.5) is 5.69 Å². The molecule has 2 rings (SSSR count). The van der Waals surface area contributed by atoms with Crippen molar-refractivity contribution in [2.75, 3.05) is 19.0 Å². The minimum absolute atomic E-state index is 0.0526. The minimum atomic E-state index is -0.200. The van der Waals surface area contributed by atoms with Gasteiger partial charge in [-0.2, -0.15) is 0 Å². The molecule has 0 fully saturated rings. The van der Waals surface area contributed by atoms with Crippen molar-refractivity contribution in [1.29, 1.82) is 0 Å². The Kier molecular flexibility index (Phi) is 7.69. The van der Waals surface area contributed by atoms with Crippen molar-refractivity contribution in [3.05, 3.63) is 58.1 Å². The van der Waals surface area contributed by atoms with E-state index in [1.807, 2.05) is 36.4 Å².